The van der Waals surface area contributed by atoms with Gasteiger partial charge in [0.25, 0.3) is 0 Å². The minimum Gasteiger partial charge on any atom is -0.360 e. The van der Waals surface area contributed by atoms with E-state index in [-0.39, 0.29) is 0 Å². The van der Waals surface area contributed by atoms with Crippen LogP contribution in [0.1, 0.15) is 46.0 Å². The lowest BCUT2D eigenvalue weighted by Crippen LogP contribution is -2.33. The summed E-state index contributed by atoms with van der Waals surface area (Å²) in [6, 6.07) is 0. The SMILES string of the molecule is CC1(C)OO[C@@]2(O)CCCCC/C=C/12. The molecule has 80 valence electrons. The Hall–Kier alpha value is -0.380. The maximum Gasteiger partial charge on any atom is 0.224 e. The Morgan fingerprint density at radius 1 is 1.21 bits per heavy atom. The zero-order chi connectivity index (χ0) is 10.2. The maximum absolute atomic E-state index is 10.2. The van der Waals surface area contributed by atoms with Gasteiger partial charge in [-0.05, 0) is 33.1 Å². The molecule has 1 N–H and O–H groups in total. The lowest BCUT2D eigenvalue weighted by Gasteiger charge is -2.25. The minimum atomic E-state index is -1.16. The maximum atomic E-state index is 10.2. The Labute approximate surface area is 84.6 Å². The molecular weight excluding hydrogens is 180 g/mol. The van der Waals surface area contributed by atoms with E-state index in [1.807, 2.05) is 13.8 Å². The van der Waals surface area contributed by atoms with Gasteiger partial charge in [0.1, 0.15) is 5.60 Å². The first kappa shape index (κ1) is 10.1. The zero-order valence-corrected chi connectivity index (χ0v) is 8.88. The van der Waals surface area contributed by atoms with E-state index in [0.717, 1.165) is 24.8 Å². The predicted molar refractivity (Wildman–Crippen MR) is 52.4 cm³/mol. The van der Waals surface area contributed by atoms with Gasteiger partial charge in [0.2, 0.25) is 5.79 Å². The van der Waals surface area contributed by atoms with Crippen molar-refractivity contribution in [1.82, 2.24) is 0 Å². The number of aliphatic hydroxyl groups is 1. The molecule has 0 bridgehead atoms. The Morgan fingerprint density at radius 2 is 2.00 bits per heavy atom. The fraction of sp³-hybridized carbons (Fsp3) is 0.818. The van der Waals surface area contributed by atoms with E-state index in [1.54, 1.807) is 0 Å². The molecule has 0 aromatic rings. The predicted octanol–water partition coefficient (Wildman–Crippen LogP) is 2.31. The van der Waals surface area contributed by atoms with Gasteiger partial charge in [-0.15, -0.1) is 0 Å². The number of allylic oxidation sites excluding steroid dienone is 1. The van der Waals surface area contributed by atoms with E-state index in [1.165, 1.54) is 6.42 Å². The summed E-state index contributed by atoms with van der Waals surface area (Å²) in [5.41, 5.74) is 0.413. The first-order chi connectivity index (χ1) is 6.55. The second kappa shape index (κ2) is 3.33. The highest BCUT2D eigenvalue weighted by molar-refractivity contribution is 5.25. The monoisotopic (exact) mass is 198 g/mol. The molecule has 1 atom stereocenters. The van der Waals surface area contributed by atoms with Gasteiger partial charge in [-0.2, -0.15) is 4.89 Å². The molecule has 14 heavy (non-hydrogen) atoms. The van der Waals surface area contributed by atoms with Crippen LogP contribution in [-0.2, 0) is 9.78 Å². The van der Waals surface area contributed by atoms with Crippen LogP contribution in [0.15, 0.2) is 11.6 Å². The molecule has 0 unspecified atom stereocenters. The lowest BCUT2D eigenvalue weighted by atomic mass is 9.85. The van der Waals surface area contributed by atoms with Crippen molar-refractivity contribution in [3.63, 3.8) is 0 Å². The molecule has 0 radical (unpaired) electrons. The van der Waals surface area contributed by atoms with Crippen molar-refractivity contribution >= 4 is 0 Å². The zero-order valence-electron chi connectivity index (χ0n) is 8.88. The first-order valence-corrected chi connectivity index (χ1v) is 5.35. The highest BCUT2D eigenvalue weighted by atomic mass is 17.2. The second-order valence-corrected chi connectivity index (χ2v) is 4.68. The van der Waals surface area contributed by atoms with Gasteiger partial charge in [0.15, 0.2) is 0 Å². The van der Waals surface area contributed by atoms with Gasteiger partial charge in [-0.3, -0.25) is 0 Å². The number of rotatable bonds is 0. The van der Waals surface area contributed by atoms with Gasteiger partial charge < -0.3 is 5.11 Å². The van der Waals surface area contributed by atoms with Gasteiger partial charge in [-0.25, -0.2) is 4.89 Å². The summed E-state index contributed by atoms with van der Waals surface area (Å²) in [6.45, 7) is 3.86. The van der Waals surface area contributed by atoms with Crippen LogP contribution in [-0.4, -0.2) is 16.5 Å². The summed E-state index contributed by atoms with van der Waals surface area (Å²) in [4.78, 5) is 10.3. The van der Waals surface area contributed by atoms with Crippen molar-refractivity contribution in [2.45, 2.75) is 57.3 Å². The molecule has 3 nitrogen and oxygen atoms in total. The van der Waals surface area contributed by atoms with Crippen molar-refractivity contribution in [3.8, 4) is 0 Å². The van der Waals surface area contributed by atoms with E-state index in [0.29, 0.717) is 6.42 Å². The quantitative estimate of drug-likeness (QED) is 0.479. The van der Waals surface area contributed by atoms with Gasteiger partial charge in [0.05, 0.1) is 0 Å². The van der Waals surface area contributed by atoms with Gasteiger partial charge in [0, 0.05) is 12.0 Å². The first-order valence-electron chi connectivity index (χ1n) is 5.35. The summed E-state index contributed by atoms with van der Waals surface area (Å²) < 4.78 is 0. The number of hydrogen-bond acceptors (Lipinski definition) is 3. The van der Waals surface area contributed by atoms with Crippen LogP contribution in [0.25, 0.3) is 0 Å². The van der Waals surface area contributed by atoms with Crippen LogP contribution in [0.5, 0.6) is 0 Å². The molecule has 1 aliphatic heterocycles. The van der Waals surface area contributed by atoms with Crippen LogP contribution in [0.3, 0.4) is 0 Å². The van der Waals surface area contributed by atoms with Crippen molar-refractivity contribution in [2.24, 2.45) is 0 Å². The topological polar surface area (TPSA) is 38.7 Å². The van der Waals surface area contributed by atoms with Crippen molar-refractivity contribution in [2.75, 3.05) is 0 Å². The summed E-state index contributed by atoms with van der Waals surface area (Å²) in [6.07, 6.45) is 7.06. The molecule has 0 aromatic heterocycles. The van der Waals surface area contributed by atoms with Crippen LogP contribution in [0, 0.1) is 0 Å². The van der Waals surface area contributed by atoms with Crippen LogP contribution in [0.4, 0.5) is 0 Å². The molecule has 1 heterocycles. The normalized spacial score (nSPS) is 40.6. The van der Waals surface area contributed by atoms with E-state index in [4.69, 9.17) is 9.78 Å². The minimum absolute atomic E-state index is 0.480. The van der Waals surface area contributed by atoms with E-state index in [2.05, 4.69) is 6.08 Å². The summed E-state index contributed by atoms with van der Waals surface area (Å²) >= 11 is 0. The molecule has 1 saturated heterocycles. The third-order valence-corrected chi connectivity index (χ3v) is 3.03. The Balaban J connectivity index is 2.31. The standard InChI is InChI=1S/C11H18O3/c1-10(2)9-7-5-3-4-6-8-11(9,12)14-13-10/h7,12H,3-6,8H2,1-2H3/b9-7-/t11-/m0/s1. The summed E-state index contributed by atoms with van der Waals surface area (Å²) in [7, 11) is 0. The molecule has 0 spiro atoms. The molecule has 0 amide bonds. The Kier molecular flexibility index (Phi) is 2.41. The molecule has 2 aliphatic rings. The van der Waals surface area contributed by atoms with E-state index < -0.39 is 11.4 Å². The second-order valence-electron chi connectivity index (χ2n) is 4.68. The van der Waals surface area contributed by atoms with Crippen molar-refractivity contribution < 1.29 is 14.9 Å². The van der Waals surface area contributed by atoms with Crippen LogP contribution < -0.4 is 0 Å². The smallest absolute Gasteiger partial charge is 0.224 e. The van der Waals surface area contributed by atoms with E-state index >= 15 is 0 Å². The largest absolute Gasteiger partial charge is 0.360 e. The summed E-state index contributed by atoms with van der Waals surface area (Å²) in [5, 5.41) is 10.2. The number of hydrogen-bond donors (Lipinski definition) is 1. The Morgan fingerprint density at radius 3 is 2.79 bits per heavy atom. The van der Waals surface area contributed by atoms with Gasteiger partial charge >= 0.3 is 0 Å². The summed E-state index contributed by atoms with van der Waals surface area (Å²) in [5.74, 6) is -1.16. The van der Waals surface area contributed by atoms with Crippen LogP contribution in [0.2, 0.25) is 0 Å². The highest BCUT2D eigenvalue weighted by Crippen LogP contribution is 2.43. The Bertz CT molecular complexity index is 257. The average Bonchev–Trinajstić information content (AvgIpc) is 2.28. The number of fused-ring (bicyclic) bond motifs is 1. The van der Waals surface area contributed by atoms with Crippen molar-refractivity contribution in [1.29, 1.82) is 0 Å². The average molecular weight is 198 g/mol. The third kappa shape index (κ3) is 1.60. The molecule has 0 aromatic carbocycles. The molecular formula is C11H18O3. The molecule has 0 saturated carbocycles. The third-order valence-electron chi connectivity index (χ3n) is 3.03. The fourth-order valence-corrected chi connectivity index (χ4v) is 2.25. The molecule has 1 fully saturated rings. The highest BCUT2D eigenvalue weighted by Gasteiger charge is 2.50. The van der Waals surface area contributed by atoms with Crippen LogP contribution >= 0.6 is 0 Å². The molecule has 2 rings (SSSR count). The fourth-order valence-electron chi connectivity index (χ4n) is 2.25. The van der Waals surface area contributed by atoms with E-state index in [9.17, 15) is 5.11 Å². The van der Waals surface area contributed by atoms with Gasteiger partial charge in [-0.1, -0.05) is 12.5 Å². The lowest BCUT2D eigenvalue weighted by molar-refractivity contribution is -0.389. The van der Waals surface area contributed by atoms with Crippen molar-refractivity contribution in [3.05, 3.63) is 11.6 Å². The molecule has 1 aliphatic carbocycles. The molecule has 3 heteroatoms.